The topological polar surface area (TPSA) is 87.1 Å². The summed E-state index contributed by atoms with van der Waals surface area (Å²) in [5, 5.41) is 17.5. The Morgan fingerprint density at radius 2 is 1.20 bits per heavy atom. The molecule has 0 aromatic heterocycles. The minimum atomic E-state index is -0.855. The van der Waals surface area contributed by atoms with Crippen LogP contribution in [0.25, 0.3) is 0 Å². The molecule has 0 aliphatic rings. The van der Waals surface area contributed by atoms with Gasteiger partial charge in [-0.2, -0.15) is 0 Å². The summed E-state index contributed by atoms with van der Waals surface area (Å²) in [6, 6.07) is 0. The SMILES string of the molecule is CCCCCCCCCCOCCCN(CCC(=O)O)CCC(=O)O. The van der Waals surface area contributed by atoms with Gasteiger partial charge >= 0.3 is 11.9 Å². The van der Waals surface area contributed by atoms with Crippen LogP contribution in [-0.4, -0.2) is 59.9 Å². The van der Waals surface area contributed by atoms with Gasteiger partial charge < -0.3 is 19.8 Å². The van der Waals surface area contributed by atoms with E-state index in [1.807, 2.05) is 4.90 Å². The number of ether oxygens (including phenoxy) is 1. The van der Waals surface area contributed by atoms with E-state index in [2.05, 4.69) is 6.92 Å². The Morgan fingerprint density at radius 3 is 1.72 bits per heavy atom. The molecular weight excluding hydrogens is 322 g/mol. The molecule has 25 heavy (non-hydrogen) atoms. The van der Waals surface area contributed by atoms with E-state index < -0.39 is 11.9 Å². The Kier molecular flexibility index (Phi) is 16.9. The normalized spacial score (nSPS) is 11.1. The second kappa shape index (κ2) is 17.7. The summed E-state index contributed by atoms with van der Waals surface area (Å²) in [5.74, 6) is -1.71. The lowest BCUT2D eigenvalue weighted by atomic mass is 10.1. The molecule has 0 aromatic carbocycles. The van der Waals surface area contributed by atoms with Crippen LogP contribution < -0.4 is 0 Å². The maximum Gasteiger partial charge on any atom is 0.304 e. The van der Waals surface area contributed by atoms with Crippen LogP contribution >= 0.6 is 0 Å². The number of carboxylic acids is 2. The minimum absolute atomic E-state index is 0.0404. The maximum atomic E-state index is 10.6. The van der Waals surface area contributed by atoms with Crippen LogP contribution in [0.4, 0.5) is 0 Å². The van der Waals surface area contributed by atoms with Crippen LogP contribution in [0.1, 0.15) is 77.6 Å². The molecular formula is C19H37NO5. The first-order valence-electron chi connectivity index (χ1n) is 9.80. The van der Waals surface area contributed by atoms with Crippen molar-refractivity contribution in [3.63, 3.8) is 0 Å². The molecule has 0 unspecified atom stereocenters. The van der Waals surface area contributed by atoms with Gasteiger partial charge in [0.2, 0.25) is 0 Å². The molecule has 2 N–H and O–H groups in total. The fraction of sp³-hybridized carbons (Fsp3) is 0.895. The lowest BCUT2D eigenvalue weighted by Gasteiger charge is -2.20. The molecule has 0 atom stereocenters. The van der Waals surface area contributed by atoms with Gasteiger partial charge in [0.25, 0.3) is 0 Å². The molecule has 0 spiro atoms. The monoisotopic (exact) mass is 359 g/mol. The van der Waals surface area contributed by atoms with E-state index >= 15 is 0 Å². The molecule has 0 rings (SSSR count). The molecule has 148 valence electrons. The van der Waals surface area contributed by atoms with E-state index in [1.165, 1.54) is 44.9 Å². The molecule has 0 heterocycles. The van der Waals surface area contributed by atoms with Crippen molar-refractivity contribution in [2.75, 3.05) is 32.8 Å². The zero-order valence-corrected chi connectivity index (χ0v) is 15.9. The van der Waals surface area contributed by atoms with Crippen molar-refractivity contribution in [3.05, 3.63) is 0 Å². The van der Waals surface area contributed by atoms with Gasteiger partial charge in [0.15, 0.2) is 0 Å². The maximum absolute atomic E-state index is 10.6. The van der Waals surface area contributed by atoms with E-state index in [0.29, 0.717) is 26.2 Å². The molecule has 0 fully saturated rings. The summed E-state index contributed by atoms with van der Waals surface area (Å²) in [7, 11) is 0. The van der Waals surface area contributed by atoms with Crippen molar-refractivity contribution in [2.24, 2.45) is 0 Å². The van der Waals surface area contributed by atoms with Gasteiger partial charge in [0.05, 0.1) is 12.8 Å². The summed E-state index contributed by atoms with van der Waals surface area (Å²) >= 11 is 0. The van der Waals surface area contributed by atoms with E-state index in [1.54, 1.807) is 0 Å². The van der Waals surface area contributed by atoms with Crippen LogP contribution in [0.3, 0.4) is 0 Å². The van der Waals surface area contributed by atoms with Crippen molar-refractivity contribution in [3.8, 4) is 0 Å². The molecule has 6 heteroatoms. The van der Waals surface area contributed by atoms with Crippen molar-refractivity contribution < 1.29 is 24.5 Å². The quantitative estimate of drug-likeness (QED) is 0.341. The summed E-state index contributed by atoms with van der Waals surface area (Å²) in [6.45, 7) is 5.11. The minimum Gasteiger partial charge on any atom is -0.481 e. The van der Waals surface area contributed by atoms with E-state index in [-0.39, 0.29) is 12.8 Å². The first-order valence-corrected chi connectivity index (χ1v) is 9.80. The molecule has 0 radical (unpaired) electrons. The Morgan fingerprint density at radius 1 is 0.720 bits per heavy atom. The third-order valence-corrected chi connectivity index (χ3v) is 4.19. The highest BCUT2D eigenvalue weighted by molar-refractivity contribution is 5.67. The van der Waals surface area contributed by atoms with Gasteiger partial charge in [-0.25, -0.2) is 0 Å². The molecule has 0 aromatic rings. The molecule has 0 amide bonds. The molecule has 6 nitrogen and oxygen atoms in total. The Hall–Kier alpha value is -1.14. The van der Waals surface area contributed by atoms with Gasteiger partial charge in [-0.3, -0.25) is 9.59 Å². The largest absolute Gasteiger partial charge is 0.481 e. The van der Waals surface area contributed by atoms with Crippen LogP contribution in [0, 0.1) is 0 Å². The second-order valence-corrected chi connectivity index (χ2v) is 6.57. The first-order chi connectivity index (χ1) is 12.1. The predicted octanol–water partition coefficient (Wildman–Crippen LogP) is 3.79. The molecule has 0 saturated heterocycles. The van der Waals surface area contributed by atoms with Crippen molar-refractivity contribution >= 4 is 11.9 Å². The van der Waals surface area contributed by atoms with Crippen molar-refractivity contribution in [2.45, 2.75) is 77.6 Å². The Labute approximate surface area is 152 Å². The number of carboxylic acid groups (broad SMARTS) is 2. The summed E-state index contributed by atoms with van der Waals surface area (Å²) in [6.07, 6.45) is 11.1. The molecule has 0 aliphatic heterocycles. The fourth-order valence-corrected chi connectivity index (χ4v) is 2.67. The highest BCUT2D eigenvalue weighted by atomic mass is 16.5. The van der Waals surface area contributed by atoms with E-state index in [4.69, 9.17) is 14.9 Å². The number of hydrogen-bond acceptors (Lipinski definition) is 4. The van der Waals surface area contributed by atoms with Gasteiger partial charge in [-0.05, 0) is 12.8 Å². The number of carbonyl (C=O) groups is 2. The average molecular weight is 360 g/mol. The second-order valence-electron chi connectivity index (χ2n) is 6.57. The van der Waals surface area contributed by atoms with Gasteiger partial charge in [0, 0.05) is 32.8 Å². The van der Waals surface area contributed by atoms with Crippen molar-refractivity contribution in [1.82, 2.24) is 4.90 Å². The molecule has 0 saturated carbocycles. The van der Waals surface area contributed by atoms with E-state index in [9.17, 15) is 9.59 Å². The van der Waals surface area contributed by atoms with Gasteiger partial charge in [0.1, 0.15) is 0 Å². The van der Waals surface area contributed by atoms with Gasteiger partial charge in [-0.1, -0.05) is 51.9 Å². The first kappa shape index (κ1) is 23.9. The number of aliphatic carboxylic acids is 2. The lowest BCUT2D eigenvalue weighted by Crippen LogP contribution is -2.30. The standard InChI is InChI=1S/C19H37NO5/c1-2-3-4-5-6-7-8-9-16-25-17-10-13-20(14-11-18(21)22)15-12-19(23)24/h2-17H2,1H3,(H,21,22)(H,23,24). The number of nitrogens with zero attached hydrogens (tertiary/aromatic N) is 1. The summed E-state index contributed by atoms with van der Waals surface area (Å²) < 4.78 is 5.62. The van der Waals surface area contributed by atoms with Crippen LogP contribution in [0.2, 0.25) is 0 Å². The number of hydrogen-bond donors (Lipinski definition) is 2. The Balaban J connectivity index is 3.53. The van der Waals surface area contributed by atoms with Crippen LogP contribution in [0.5, 0.6) is 0 Å². The van der Waals surface area contributed by atoms with Crippen LogP contribution in [0.15, 0.2) is 0 Å². The lowest BCUT2D eigenvalue weighted by molar-refractivity contribution is -0.137. The summed E-state index contributed by atoms with van der Waals surface area (Å²) in [5.41, 5.74) is 0. The number of unbranched alkanes of at least 4 members (excludes halogenated alkanes) is 7. The zero-order valence-electron chi connectivity index (χ0n) is 15.9. The third-order valence-electron chi connectivity index (χ3n) is 4.19. The molecule has 0 aliphatic carbocycles. The molecule has 0 bridgehead atoms. The summed E-state index contributed by atoms with van der Waals surface area (Å²) in [4.78, 5) is 23.2. The third kappa shape index (κ3) is 19.0. The smallest absolute Gasteiger partial charge is 0.304 e. The van der Waals surface area contributed by atoms with E-state index in [0.717, 1.165) is 19.4 Å². The fourth-order valence-electron chi connectivity index (χ4n) is 2.67. The van der Waals surface area contributed by atoms with Crippen LogP contribution in [-0.2, 0) is 14.3 Å². The highest BCUT2D eigenvalue weighted by Gasteiger charge is 2.09. The van der Waals surface area contributed by atoms with Gasteiger partial charge in [-0.15, -0.1) is 0 Å². The Bertz CT molecular complexity index is 318. The predicted molar refractivity (Wildman–Crippen MR) is 99.0 cm³/mol. The van der Waals surface area contributed by atoms with Crippen molar-refractivity contribution in [1.29, 1.82) is 0 Å². The average Bonchev–Trinajstić information content (AvgIpc) is 2.57. The zero-order chi connectivity index (χ0) is 18.8. The highest BCUT2D eigenvalue weighted by Crippen LogP contribution is 2.08. The number of rotatable bonds is 19.